The number of hydrogen-bond donors (Lipinski definition) is 0. The highest BCUT2D eigenvalue weighted by Crippen LogP contribution is 2.36. The van der Waals surface area contributed by atoms with Crippen molar-refractivity contribution in [2.45, 2.75) is 25.5 Å². The van der Waals surface area contributed by atoms with E-state index < -0.39 is 0 Å². The van der Waals surface area contributed by atoms with Crippen LogP contribution in [0.4, 0.5) is 0 Å². The van der Waals surface area contributed by atoms with E-state index in [0.29, 0.717) is 5.25 Å². The van der Waals surface area contributed by atoms with E-state index in [1.54, 1.807) is 0 Å². The Kier molecular flexibility index (Phi) is 5.06. The smallest absolute Gasteiger partial charge is 0.253 e. The molecule has 3 heteroatoms. The fourth-order valence-electron chi connectivity index (χ4n) is 3.13. The third-order valence-electron chi connectivity index (χ3n) is 4.43. The maximum atomic E-state index is 12.7. The molecule has 120 valence electrons. The lowest BCUT2D eigenvalue weighted by molar-refractivity contribution is 0.0766. The lowest BCUT2D eigenvalue weighted by Gasteiger charge is -2.21. The summed E-state index contributed by atoms with van der Waals surface area (Å²) in [4.78, 5) is 14.7. The molecule has 1 fully saturated rings. The molecule has 1 amide bonds. The summed E-state index contributed by atoms with van der Waals surface area (Å²) in [6.45, 7) is 5.87. The van der Waals surface area contributed by atoms with Gasteiger partial charge < -0.3 is 4.90 Å². The standard InChI is InChI=1S/C20H23NOS/c1-15-6-5-8-17(14-15)20(22)21-11-10-19(23-13-12-21)18-9-4-3-7-16(18)2/h3-9,14,19H,10-13H2,1-2H3. The van der Waals surface area contributed by atoms with Gasteiger partial charge in [0.2, 0.25) is 0 Å². The van der Waals surface area contributed by atoms with Gasteiger partial charge in [-0.2, -0.15) is 11.8 Å². The topological polar surface area (TPSA) is 20.3 Å². The molecule has 0 spiro atoms. The van der Waals surface area contributed by atoms with Crippen LogP contribution in [0, 0.1) is 13.8 Å². The predicted octanol–water partition coefficient (Wildman–Crippen LogP) is 4.62. The Balaban J connectivity index is 1.71. The zero-order chi connectivity index (χ0) is 16.2. The van der Waals surface area contributed by atoms with Crippen LogP contribution < -0.4 is 0 Å². The zero-order valence-corrected chi connectivity index (χ0v) is 14.6. The molecule has 1 saturated heterocycles. The largest absolute Gasteiger partial charge is 0.338 e. The van der Waals surface area contributed by atoms with Gasteiger partial charge in [-0.3, -0.25) is 4.79 Å². The van der Waals surface area contributed by atoms with Crippen LogP contribution in [-0.4, -0.2) is 29.6 Å². The summed E-state index contributed by atoms with van der Waals surface area (Å²) in [6, 6.07) is 16.5. The Labute approximate surface area is 142 Å². The number of thioether (sulfide) groups is 1. The molecule has 0 radical (unpaired) electrons. The predicted molar refractivity (Wildman–Crippen MR) is 98.1 cm³/mol. The fraction of sp³-hybridized carbons (Fsp3) is 0.350. The summed E-state index contributed by atoms with van der Waals surface area (Å²) in [6.07, 6.45) is 1.02. The van der Waals surface area contributed by atoms with E-state index in [9.17, 15) is 4.79 Å². The fourth-order valence-corrected chi connectivity index (χ4v) is 4.46. The van der Waals surface area contributed by atoms with Gasteiger partial charge in [0.15, 0.2) is 0 Å². The quantitative estimate of drug-likeness (QED) is 0.803. The molecular formula is C20H23NOS. The molecule has 2 nitrogen and oxygen atoms in total. The van der Waals surface area contributed by atoms with Crippen molar-refractivity contribution < 1.29 is 4.79 Å². The minimum absolute atomic E-state index is 0.166. The molecule has 1 aliphatic heterocycles. The van der Waals surface area contributed by atoms with Crippen LogP contribution in [0.15, 0.2) is 48.5 Å². The number of benzene rings is 2. The second-order valence-corrected chi connectivity index (χ2v) is 7.48. The van der Waals surface area contributed by atoms with Crippen LogP contribution in [0.1, 0.15) is 38.7 Å². The van der Waals surface area contributed by atoms with Gasteiger partial charge in [-0.1, -0.05) is 42.0 Å². The summed E-state index contributed by atoms with van der Waals surface area (Å²) in [5, 5.41) is 0.492. The summed E-state index contributed by atoms with van der Waals surface area (Å²) in [5.74, 6) is 1.16. The molecule has 2 aromatic carbocycles. The summed E-state index contributed by atoms with van der Waals surface area (Å²) in [5.41, 5.74) is 4.72. The van der Waals surface area contributed by atoms with E-state index in [-0.39, 0.29) is 5.91 Å². The van der Waals surface area contributed by atoms with Crippen molar-refractivity contribution in [1.82, 2.24) is 4.90 Å². The molecule has 1 unspecified atom stereocenters. The maximum Gasteiger partial charge on any atom is 0.253 e. The molecule has 0 saturated carbocycles. The van der Waals surface area contributed by atoms with Crippen LogP contribution in [0.2, 0.25) is 0 Å². The lowest BCUT2D eigenvalue weighted by Crippen LogP contribution is -2.33. The molecule has 0 aromatic heterocycles. The van der Waals surface area contributed by atoms with Gasteiger partial charge in [0.1, 0.15) is 0 Å². The number of nitrogens with zero attached hydrogens (tertiary/aromatic N) is 1. The van der Waals surface area contributed by atoms with Crippen LogP contribution in [0.3, 0.4) is 0 Å². The first kappa shape index (κ1) is 16.1. The van der Waals surface area contributed by atoms with Crippen molar-refractivity contribution in [3.8, 4) is 0 Å². The molecule has 1 aliphatic rings. The average Bonchev–Trinajstić information content (AvgIpc) is 2.80. The number of carbonyl (C=O) groups is 1. The van der Waals surface area contributed by atoms with Gasteiger partial charge in [-0.05, 0) is 43.5 Å². The molecule has 1 heterocycles. The van der Waals surface area contributed by atoms with Crippen molar-refractivity contribution >= 4 is 17.7 Å². The van der Waals surface area contributed by atoms with E-state index >= 15 is 0 Å². The first-order valence-corrected chi connectivity index (χ1v) is 9.23. The van der Waals surface area contributed by atoms with Gasteiger partial charge in [0.25, 0.3) is 5.91 Å². The van der Waals surface area contributed by atoms with Crippen LogP contribution >= 0.6 is 11.8 Å². The van der Waals surface area contributed by atoms with Crippen molar-refractivity contribution in [3.63, 3.8) is 0 Å². The molecule has 23 heavy (non-hydrogen) atoms. The second-order valence-electron chi connectivity index (χ2n) is 6.17. The van der Waals surface area contributed by atoms with Crippen LogP contribution in [-0.2, 0) is 0 Å². The Morgan fingerprint density at radius 2 is 1.91 bits per heavy atom. The number of rotatable bonds is 2. The summed E-state index contributed by atoms with van der Waals surface area (Å²) >= 11 is 1.98. The highest BCUT2D eigenvalue weighted by molar-refractivity contribution is 7.99. The van der Waals surface area contributed by atoms with Crippen molar-refractivity contribution in [2.24, 2.45) is 0 Å². The monoisotopic (exact) mass is 325 g/mol. The van der Waals surface area contributed by atoms with Crippen LogP contribution in [0.25, 0.3) is 0 Å². The van der Waals surface area contributed by atoms with Crippen LogP contribution in [0.5, 0.6) is 0 Å². The van der Waals surface area contributed by atoms with E-state index in [0.717, 1.165) is 36.4 Å². The van der Waals surface area contributed by atoms with Crippen molar-refractivity contribution in [2.75, 3.05) is 18.8 Å². The number of amides is 1. The Morgan fingerprint density at radius 3 is 2.70 bits per heavy atom. The highest BCUT2D eigenvalue weighted by atomic mass is 32.2. The molecule has 1 atom stereocenters. The van der Waals surface area contributed by atoms with Gasteiger partial charge >= 0.3 is 0 Å². The SMILES string of the molecule is Cc1cccc(C(=O)N2CCSC(c3ccccc3C)CC2)c1. The molecule has 0 N–H and O–H groups in total. The van der Waals surface area contributed by atoms with E-state index in [4.69, 9.17) is 0 Å². The molecule has 0 aliphatic carbocycles. The average molecular weight is 325 g/mol. The van der Waals surface area contributed by atoms with Crippen molar-refractivity contribution in [3.05, 3.63) is 70.8 Å². The Hall–Kier alpha value is -1.74. The van der Waals surface area contributed by atoms with E-state index in [1.165, 1.54) is 11.1 Å². The third-order valence-corrected chi connectivity index (χ3v) is 5.74. The van der Waals surface area contributed by atoms with Gasteiger partial charge in [0, 0.05) is 29.7 Å². The zero-order valence-electron chi connectivity index (χ0n) is 13.8. The Bertz CT molecular complexity index is 698. The molecule has 0 bridgehead atoms. The van der Waals surface area contributed by atoms with Gasteiger partial charge in [-0.25, -0.2) is 0 Å². The van der Waals surface area contributed by atoms with Gasteiger partial charge in [-0.15, -0.1) is 0 Å². The second kappa shape index (κ2) is 7.22. The molecular weight excluding hydrogens is 302 g/mol. The molecule has 3 rings (SSSR count). The first-order valence-electron chi connectivity index (χ1n) is 8.18. The third kappa shape index (κ3) is 3.78. The number of carbonyl (C=O) groups excluding carboxylic acids is 1. The number of hydrogen-bond acceptors (Lipinski definition) is 2. The number of aryl methyl sites for hydroxylation is 2. The molecule has 2 aromatic rings. The van der Waals surface area contributed by atoms with Gasteiger partial charge in [0.05, 0.1) is 0 Å². The lowest BCUT2D eigenvalue weighted by atomic mass is 10.0. The first-order chi connectivity index (χ1) is 11.1. The summed E-state index contributed by atoms with van der Waals surface area (Å²) < 4.78 is 0. The van der Waals surface area contributed by atoms with E-state index in [1.807, 2.05) is 47.9 Å². The summed E-state index contributed by atoms with van der Waals surface area (Å²) in [7, 11) is 0. The minimum atomic E-state index is 0.166. The highest BCUT2D eigenvalue weighted by Gasteiger charge is 2.23. The Morgan fingerprint density at radius 1 is 1.09 bits per heavy atom. The van der Waals surface area contributed by atoms with Crippen molar-refractivity contribution in [1.29, 1.82) is 0 Å². The van der Waals surface area contributed by atoms with E-state index in [2.05, 4.69) is 31.2 Å². The normalized spacial score (nSPS) is 18.5. The maximum absolute atomic E-state index is 12.7. The minimum Gasteiger partial charge on any atom is -0.338 e.